The third kappa shape index (κ3) is 3.45. The van der Waals surface area contributed by atoms with Crippen molar-refractivity contribution in [1.29, 1.82) is 0 Å². The standard InChI is InChI=1S/C28H39NO4/c1-27-12-10-21-19(7-9-24-28(21,2)13-11-25(30)29-24)20(27)8-6-18(27)14-17-15-22(31-3)26(33-5)23(16-17)32-4/h14-16,19-21,24H,6-13H2,1-5H3,(H,29,30)/b18-14+/t19-,20-,21-,24+,27+,28+/m0/s1. The zero-order valence-electron chi connectivity index (χ0n) is 20.8. The van der Waals surface area contributed by atoms with Gasteiger partial charge in [-0.05, 0) is 91.2 Å². The monoisotopic (exact) mass is 453 g/mol. The average Bonchev–Trinajstić information content (AvgIpc) is 3.14. The number of amides is 1. The van der Waals surface area contributed by atoms with Crippen LogP contribution in [0.15, 0.2) is 17.7 Å². The fourth-order valence-corrected chi connectivity index (χ4v) is 8.17. The van der Waals surface area contributed by atoms with Crippen LogP contribution in [0.1, 0.15) is 70.8 Å². The first-order chi connectivity index (χ1) is 15.8. The zero-order chi connectivity index (χ0) is 23.4. The summed E-state index contributed by atoms with van der Waals surface area (Å²) in [6, 6.07) is 4.50. The van der Waals surface area contributed by atoms with Crippen molar-refractivity contribution in [2.45, 2.75) is 71.3 Å². The van der Waals surface area contributed by atoms with Crippen LogP contribution in [0.4, 0.5) is 0 Å². The molecule has 0 bridgehead atoms. The molecule has 1 heterocycles. The van der Waals surface area contributed by atoms with Gasteiger partial charge in [-0.1, -0.05) is 25.5 Å². The quantitative estimate of drug-likeness (QED) is 0.643. The molecule has 0 unspecified atom stereocenters. The highest BCUT2D eigenvalue weighted by molar-refractivity contribution is 5.77. The van der Waals surface area contributed by atoms with Gasteiger partial charge in [0.1, 0.15) is 0 Å². The third-order valence-electron chi connectivity index (χ3n) is 9.97. The Hall–Kier alpha value is -2.17. The van der Waals surface area contributed by atoms with Gasteiger partial charge in [0.05, 0.1) is 21.3 Å². The van der Waals surface area contributed by atoms with E-state index in [1.807, 2.05) is 0 Å². The molecule has 1 aliphatic heterocycles. The predicted octanol–water partition coefficient (Wildman–Crippen LogP) is 5.62. The van der Waals surface area contributed by atoms with Gasteiger partial charge < -0.3 is 19.5 Å². The number of benzene rings is 1. The Morgan fingerprint density at radius 1 is 0.909 bits per heavy atom. The average molecular weight is 454 g/mol. The van der Waals surface area contributed by atoms with Gasteiger partial charge >= 0.3 is 0 Å². The van der Waals surface area contributed by atoms with E-state index in [1.165, 1.54) is 25.7 Å². The fourth-order valence-electron chi connectivity index (χ4n) is 8.17. The summed E-state index contributed by atoms with van der Waals surface area (Å²) in [6.45, 7) is 4.99. The fraction of sp³-hybridized carbons (Fsp3) is 0.679. The van der Waals surface area contributed by atoms with Gasteiger partial charge in [-0.3, -0.25) is 4.79 Å². The zero-order valence-corrected chi connectivity index (χ0v) is 20.8. The van der Waals surface area contributed by atoms with E-state index >= 15 is 0 Å². The summed E-state index contributed by atoms with van der Waals surface area (Å²) in [6.07, 6.45) is 11.5. The lowest BCUT2D eigenvalue weighted by Gasteiger charge is -2.59. The summed E-state index contributed by atoms with van der Waals surface area (Å²) >= 11 is 0. The van der Waals surface area contributed by atoms with Gasteiger partial charge in [0.25, 0.3) is 0 Å². The number of carbonyl (C=O) groups excluding carboxylic acids is 1. The van der Waals surface area contributed by atoms with Crippen molar-refractivity contribution >= 4 is 12.0 Å². The molecule has 1 N–H and O–H groups in total. The minimum atomic E-state index is 0.253. The maximum absolute atomic E-state index is 12.1. The van der Waals surface area contributed by atoms with Gasteiger partial charge in [-0.2, -0.15) is 0 Å². The maximum Gasteiger partial charge on any atom is 0.220 e. The number of carbonyl (C=O) groups is 1. The second kappa shape index (κ2) is 8.25. The van der Waals surface area contributed by atoms with Crippen molar-refractivity contribution < 1.29 is 19.0 Å². The van der Waals surface area contributed by atoms with Gasteiger partial charge in [-0.15, -0.1) is 0 Å². The van der Waals surface area contributed by atoms with Crippen LogP contribution < -0.4 is 19.5 Å². The van der Waals surface area contributed by atoms with E-state index in [4.69, 9.17) is 14.2 Å². The first-order valence-corrected chi connectivity index (χ1v) is 12.6. The molecule has 33 heavy (non-hydrogen) atoms. The minimum Gasteiger partial charge on any atom is -0.493 e. The van der Waals surface area contributed by atoms with Gasteiger partial charge in [0.2, 0.25) is 11.7 Å². The number of allylic oxidation sites excluding steroid dienone is 1. The molecule has 4 aliphatic rings. The van der Waals surface area contributed by atoms with Crippen molar-refractivity contribution in [1.82, 2.24) is 5.32 Å². The maximum atomic E-state index is 12.1. The van der Waals surface area contributed by atoms with Crippen LogP contribution in [-0.4, -0.2) is 33.3 Å². The molecule has 5 nitrogen and oxygen atoms in total. The van der Waals surface area contributed by atoms with Crippen molar-refractivity contribution in [2.75, 3.05) is 21.3 Å². The number of hydrogen-bond donors (Lipinski definition) is 1. The van der Waals surface area contributed by atoms with E-state index in [0.717, 1.165) is 42.6 Å². The number of nitrogens with one attached hydrogen (secondary N) is 1. The molecule has 4 fully saturated rings. The van der Waals surface area contributed by atoms with Gasteiger partial charge in [-0.25, -0.2) is 0 Å². The summed E-state index contributed by atoms with van der Waals surface area (Å²) in [5.41, 5.74) is 3.21. The van der Waals surface area contributed by atoms with Crippen molar-refractivity contribution in [3.63, 3.8) is 0 Å². The van der Waals surface area contributed by atoms with E-state index in [9.17, 15) is 4.79 Å². The molecule has 0 aromatic heterocycles. The Morgan fingerprint density at radius 3 is 2.30 bits per heavy atom. The Bertz CT molecular complexity index is 946. The Labute approximate surface area is 198 Å². The molecule has 1 amide bonds. The van der Waals surface area contributed by atoms with Crippen LogP contribution >= 0.6 is 0 Å². The summed E-state index contributed by atoms with van der Waals surface area (Å²) in [5, 5.41) is 3.35. The molecular weight excluding hydrogens is 414 g/mol. The van der Waals surface area contributed by atoms with E-state index < -0.39 is 0 Å². The van der Waals surface area contributed by atoms with Crippen LogP contribution in [0.5, 0.6) is 17.2 Å². The Kier molecular flexibility index (Phi) is 5.65. The molecule has 1 aromatic rings. The molecule has 180 valence electrons. The van der Waals surface area contributed by atoms with Crippen molar-refractivity contribution in [2.24, 2.45) is 28.6 Å². The minimum absolute atomic E-state index is 0.253. The summed E-state index contributed by atoms with van der Waals surface area (Å²) in [5.74, 6) is 4.55. The van der Waals surface area contributed by atoms with Crippen LogP contribution in [-0.2, 0) is 4.79 Å². The van der Waals surface area contributed by atoms with Crippen molar-refractivity contribution in [3.8, 4) is 17.2 Å². The Morgan fingerprint density at radius 2 is 1.64 bits per heavy atom. The van der Waals surface area contributed by atoms with Crippen LogP contribution in [0.25, 0.3) is 6.08 Å². The smallest absolute Gasteiger partial charge is 0.220 e. The van der Waals surface area contributed by atoms with Crippen LogP contribution in [0, 0.1) is 28.6 Å². The second-order valence-electron chi connectivity index (χ2n) is 11.2. The Balaban J connectivity index is 1.44. The van der Waals surface area contributed by atoms with E-state index in [-0.39, 0.29) is 16.7 Å². The normalized spacial score (nSPS) is 38.7. The number of hydrogen-bond acceptors (Lipinski definition) is 4. The highest BCUT2D eigenvalue weighted by Crippen LogP contribution is 2.65. The number of ether oxygens (including phenoxy) is 3. The second-order valence-corrected chi connectivity index (χ2v) is 11.2. The number of piperidine rings is 1. The first kappa shape index (κ1) is 22.6. The van der Waals surface area contributed by atoms with Gasteiger partial charge in [0.15, 0.2) is 11.5 Å². The van der Waals surface area contributed by atoms with Gasteiger partial charge in [0, 0.05) is 12.5 Å². The molecule has 5 heteroatoms. The van der Waals surface area contributed by atoms with E-state index in [2.05, 4.69) is 37.4 Å². The summed E-state index contributed by atoms with van der Waals surface area (Å²) < 4.78 is 16.7. The molecule has 3 aliphatic carbocycles. The molecule has 0 spiro atoms. The van der Waals surface area contributed by atoms with E-state index in [1.54, 1.807) is 26.9 Å². The largest absolute Gasteiger partial charge is 0.493 e. The molecule has 3 saturated carbocycles. The third-order valence-corrected chi connectivity index (χ3v) is 9.97. The number of methoxy groups -OCH3 is 3. The summed E-state index contributed by atoms with van der Waals surface area (Å²) in [7, 11) is 4.99. The van der Waals surface area contributed by atoms with Crippen LogP contribution in [0.3, 0.4) is 0 Å². The lowest BCUT2D eigenvalue weighted by molar-refractivity contribution is -0.134. The molecule has 0 radical (unpaired) electrons. The molecule has 6 atom stereocenters. The molecule has 1 saturated heterocycles. The predicted molar refractivity (Wildman–Crippen MR) is 130 cm³/mol. The number of fused-ring (bicyclic) bond motifs is 5. The molecular formula is C28H39NO4. The lowest BCUT2D eigenvalue weighted by atomic mass is 9.47. The lowest BCUT2D eigenvalue weighted by Crippen LogP contribution is -2.60. The van der Waals surface area contributed by atoms with Crippen LogP contribution in [0.2, 0.25) is 0 Å². The number of rotatable bonds is 4. The van der Waals surface area contributed by atoms with Crippen molar-refractivity contribution in [3.05, 3.63) is 23.3 Å². The molecule has 5 rings (SSSR count). The SMILES string of the molecule is COc1cc(/C=C2\CC[C@H]3[C@@H]4CC[C@H]5NC(=O)CC[C@]5(C)[C@H]4CC[C@]23C)cc(OC)c1OC. The first-order valence-electron chi connectivity index (χ1n) is 12.6. The van der Waals surface area contributed by atoms with E-state index in [0.29, 0.717) is 29.7 Å². The topological polar surface area (TPSA) is 56.8 Å². The molecule has 1 aromatic carbocycles. The highest BCUT2D eigenvalue weighted by Gasteiger charge is 2.59. The summed E-state index contributed by atoms with van der Waals surface area (Å²) in [4.78, 5) is 12.1. The highest BCUT2D eigenvalue weighted by atomic mass is 16.5.